The van der Waals surface area contributed by atoms with Crippen molar-refractivity contribution in [2.75, 3.05) is 13.1 Å². The van der Waals surface area contributed by atoms with E-state index in [1.165, 1.54) is 0 Å². The number of benzene rings is 2. The van der Waals surface area contributed by atoms with Gasteiger partial charge in [0.15, 0.2) is 17.5 Å². The normalized spacial score (nSPS) is 19.5. The maximum Gasteiger partial charge on any atom is 0.338 e. The monoisotopic (exact) mass is 458 g/mol. The smallest absolute Gasteiger partial charge is 0.338 e. The van der Waals surface area contributed by atoms with Crippen molar-refractivity contribution in [3.05, 3.63) is 65.0 Å². The SMILES string of the molecule is O=C(O)c1cc(S(=O)(=O)NC2CN(Cc3ccccc3)CC2C(=O)O)c(F)c(F)c1F. The molecule has 2 atom stereocenters. The highest BCUT2D eigenvalue weighted by molar-refractivity contribution is 7.89. The molecule has 1 heterocycles. The van der Waals surface area contributed by atoms with Crippen molar-refractivity contribution < 1.29 is 41.4 Å². The summed E-state index contributed by atoms with van der Waals surface area (Å²) in [5.41, 5.74) is -0.515. The molecule has 3 rings (SSSR count). The molecule has 0 saturated carbocycles. The van der Waals surface area contributed by atoms with Crippen LogP contribution in [0, 0.1) is 23.4 Å². The Morgan fingerprint density at radius 3 is 2.26 bits per heavy atom. The predicted molar refractivity (Wildman–Crippen MR) is 100 cm³/mol. The topological polar surface area (TPSA) is 124 Å². The molecule has 31 heavy (non-hydrogen) atoms. The van der Waals surface area contributed by atoms with E-state index in [-0.39, 0.29) is 19.2 Å². The molecule has 2 aromatic rings. The zero-order valence-corrected chi connectivity index (χ0v) is 16.6. The number of carbonyl (C=O) groups is 2. The van der Waals surface area contributed by atoms with Gasteiger partial charge in [-0.3, -0.25) is 9.69 Å². The van der Waals surface area contributed by atoms with Gasteiger partial charge in [0.25, 0.3) is 0 Å². The Hall–Kier alpha value is -2.96. The van der Waals surface area contributed by atoms with Gasteiger partial charge < -0.3 is 10.2 Å². The van der Waals surface area contributed by atoms with Crippen molar-refractivity contribution in [3.63, 3.8) is 0 Å². The fourth-order valence-corrected chi connectivity index (χ4v) is 4.78. The van der Waals surface area contributed by atoms with Crippen LogP contribution in [0.4, 0.5) is 13.2 Å². The molecule has 0 aliphatic carbocycles. The molecule has 1 aliphatic heterocycles. The summed E-state index contributed by atoms with van der Waals surface area (Å²) in [5, 5.41) is 18.4. The van der Waals surface area contributed by atoms with Crippen molar-refractivity contribution in [2.45, 2.75) is 17.5 Å². The van der Waals surface area contributed by atoms with E-state index in [1.54, 1.807) is 35.2 Å². The lowest BCUT2D eigenvalue weighted by Crippen LogP contribution is -2.43. The van der Waals surface area contributed by atoms with E-state index in [4.69, 9.17) is 5.11 Å². The van der Waals surface area contributed by atoms with Gasteiger partial charge in [0.2, 0.25) is 10.0 Å². The van der Waals surface area contributed by atoms with Gasteiger partial charge in [0, 0.05) is 25.7 Å². The molecule has 2 unspecified atom stereocenters. The summed E-state index contributed by atoms with van der Waals surface area (Å²) in [5.74, 6) is -10.9. The van der Waals surface area contributed by atoms with Crippen LogP contribution >= 0.6 is 0 Å². The fraction of sp³-hybridized carbons (Fsp3) is 0.263. The molecular weight excluding hydrogens is 441 g/mol. The largest absolute Gasteiger partial charge is 0.481 e. The second-order valence-electron chi connectivity index (χ2n) is 7.02. The van der Waals surface area contributed by atoms with Crippen LogP contribution in [0.25, 0.3) is 0 Å². The molecule has 0 aromatic heterocycles. The number of nitrogens with one attached hydrogen (secondary N) is 1. The first-order valence-corrected chi connectivity index (χ1v) is 10.4. The molecule has 1 saturated heterocycles. The maximum absolute atomic E-state index is 14.1. The molecule has 0 radical (unpaired) electrons. The number of hydrogen-bond donors (Lipinski definition) is 3. The van der Waals surface area contributed by atoms with Crippen molar-refractivity contribution in [1.29, 1.82) is 0 Å². The van der Waals surface area contributed by atoms with Crippen molar-refractivity contribution >= 4 is 22.0 Å². The van der Waals surface area contributed by atoms with Gasteiger partial charge in [-0.15, -0.1) is 0 Å². The van der Waals surface area contributed by atoms with Crippen LogP contribution in [0.3, 0.4) is 0 Å². The summed E-state index contributed by atoms with van der Waals surface area (Å²) in [4.78, 5) is 22.9. The molecule has 2 aromatic carbocycles. The van der Waals surface area contributed by atoms with Gasteiger partial charge >= 0.3 is 11.9 Å². The minimum atomic E-state index is -4.92. The van der Waals surface area contributed by atoms with Gasteiger partial charge in [-0.1, -0.05) is 30.3 Å². The van der Waals surface area contributed by atoms with Gasteiger partial charge in [-0.25, -0.2) is 31.1 Å². The zero-order valence-electron chi connectivity index (χ0n) is 15.8. The van der Waals surface area contributed by atoms with Crippen LogP contribution < -0.4 is 4.72 Å². The second-order valence-corrected chi connectivity index (χ2v) is 8.70. The average Bonchev–Trinajstić information content (AvgIpc) is 3.08. The summed E-state index contributed by atoms with van der Waals surface area (Å²) in [6.07, 6.45) is 0. The number of likely N-dealkylation sites (tertiary alicyclic amines) is 1. The van der Waals surface area contributed by atoms with E-state index in [0.29, 0.717) is 6.54 Å². The van der Waals surface area contributed by atoms with E-state index in [9.17, 15) is 36.3 Å². The van der Waals surface area contributed by atoms with E-state index < -0.39 is 61.8 Å². The van der Waals surface area contributed by atoms with Crippen molar-refractivity contribution in [1.82, 2.24) is 9.62 Å². The third-order valence-corrected chi connectivity index (χ3v) is 6.39. The molecular formula is C19H17F3N2O6S. The Labute approximate surface area is 175 Å². The summed E-state index contributed by atoms with van der Waals surface area (Å²) in [7, 11) is -4.92. The molecule has 12 heteroatoms. The number of aliphatic carboxylic acids is 1. The standard InChI is InChI=1S/C19H17F3N2O6S/c20-15-11(18(25)26)6-14(16(21)17(15)22)31(29,30)23-13-9-24(8-12(13)19(27)28)7-10-4-2-1-3-5-10/h1-6,12-13,23H,7-9H2,(H,25,26)(H,27,28). The number of carboxylic acids is 2. The average molecular weight is 458 g/mol. The highest BCUT2D eigenvalue weighted by Gasteiger charge is 2.41. The number of nitrogens with zero attached hydrogens (tertiary/aromatic N) is 1. The summed E-state index contributed by atoms with van der Waals surface area (Å²) < 4.78 is 68.8. The molecule has 8 nitrogen and oxygen atoms in total. The van der Waals surface area contributed by atoms with Gasteiger partial charge in [-0.05, 0) is 11.6 Å². The highest BCUT2D eigenvalue weighted by Crippen LogP contribution is 2.26. The first-order valence-electron chi connectivity index (χ1n) is 8.93. The lowest BCUT2D eigenvalue weighted by molar-refractivity contribution is -0.141. The van der Waals surface area contributed by atoms with E-state index in [2.05, 4.69) is 0 Å². The number of halogens is 3. The molecule has 0 spiro atoms. The maximum atomic E-state index is 14.1. The van der Waals surface area contributed by atoms with Gasteiger partial charge in [0.05, 0.1) is 11.5 Å². The first kappa shape index (κ1) is 22.7. The van der Waals surface area contributed by atoms with E-state index in [0.717, 1.165) is 5.56 Å². The number of rotatable bonds is 7. The van der Waals surface area contributed by atoms with E-state index in [1.807, 2.05) is 4.72 Å². The molecule has 0 amide bonds. The molecule has 3 N–H and O–H groups in total. The lowest BCUT2D eigenvalue weighted by Gasteiger charge is -2.18. The third-order valence-electron chi connectivity index (χ3n) is 4.90. The Bertz CT molecular complexity index is 1130. The second kappa shape index (κ2) is 8.65. The lowest BCUT2D eigenvalue weighted by atomic mass is 10.1. The van der Waals surface area contributed by atoms with Crippen molar-refractivity contribution in [2.24, 2.45) is 5.92 Å². The number of sulfonamides is 1. The van der Waals surface area contributed by atoms with Gasteiger partial charge in [0.1, 0.15) is 4.90 Å². The quantitative estimate of drug-likeness (QED) is 0.539. The summed E-state index contributed by atoms with van der Waals surface area (Å²) in [6, 6.07) is 7.91. The minimum Gasteiger partial charge on any atom is -0.481 e. The van der Waals surface area contributed by atoms with Gasteiger partial charge in [-0.2, -0.15) is 0 Å². The molecule has 166 valence electrons. The summed E-state index contributed by atoms with van der Waals surface area (Å²) in [6.45, 7) is 0.256. The number of aromatic carboxylic acids is 1. The molecule has 1 fully saturated rings. The Balaban J connectivity index is 1.89. The zero-order chi connectivity index (χ0) is 22.9. The molecule has 0 bridgehead atoms. The third kappa shape index (κ3) is 4.70. The van der Waals surface area contributed by atoms with Crippen LogP contribution in [-0.2, 0) is 21.4 Å². The number of carboxylic acid groups (broad SMARTS) is 2. The molecule has 1 aliphatic rings. The Morgan fingerprint density at radius 2 is 1.68 bits per heavy atom. The van der Waals surface area contributed by atoms with Crippen molar-refractivity contribution in [3.8, 4) is 0 Å². The van der Waals surface area contributed by atoms with Crippen LogP contribution in [-0.4, -0.2) is 54.6 Å². The predicted octanol–water partition coefficient (Wildman–Crippen LogP) is 1.67. The first-order chi connectivity index (χ1) is 14.5. The fourth-order valence-electron chi connectivity index (χ4n) is 3.42. The van der Waals surface area contributed by atoms with Crippen LogP contribution in [0.15, 0.2) is 41.3 Å². The number of hydrogen-bond acceptors (Lipinski definition) is 5. The Kier molecular flexibility index (Phi) is 6.34. The van der Waals surface area contributed by atoms with E-state index >= 15 is 0 Å². The van der Waals surface area contributed by atoms with Crippen LogP contribution in [0.1, 0.15) is 15.9 Å². The highest BCUT2D eigenvalue weighted by atomic mass is 32.2. The summed E-state index contributed by atoms with van der Waals surface area (Å²) >= 11 is 0. The van der Waals surface area contributed by atoms with Crippen LogP contribution in [0.2, 0.25) is 0 Å². The minimum absolute atomic E-state index is 0.0158. The van der Waals surface area contributed by atoms with Crippen LogP contribution in [0.5, 0.6) is 0 Å². The Morgan fingerprint density at radius 1 is 1.03 bits per heavy atom.